The van der Waals surface area contributed by atoms with E-state index in [2.05, 4.69) is 0 Å². The molecule has 0 heterocycles. The van der Waals surface area contributed by atoms with E-state index < -0.39 is 58.9 Å². The Hall–Kier alpha value is -2.81. The minimum Gasteiger partial charge on any atom is -0.458 e. The Labute approximate surface area is 210 Å². The van der Waals surface area contributed by atoms with Gasteiger partial charge in [-0.05, 0) is 49.7 Å². The Kier molecular flexibility index (Phi) is 6.52. The van der Waals surface area contributed by atoms with Crippen molar-refractivity contribution in [2.24, 2.45) is 28.6 Å². The Morgan fingerprint density at radius 1 is 1.08 bits per heavy atom. The fourth-order valence-electron chi connectivity index (χ4n) is 7.87. The molecule has 4 aliphatic carbocycles. The van der Waals surface area contributed by atoms with Gasteiger partial charge in [-0.25, -0.2) is 0 Å². The summed E-state index contributed by atoms with van der Waals surface area (Å²) in [5, 5.41) is 11.6. The number of hydrogen-bond donors (Lipinski definition) is 1. The fraction of sp³-hybridized carbons (Fsp3) is 0.667. The summed E-state index contributed by atoms with van der Waals surface area (Å²) in [6.45, 7) is 6.73. The molecule has 3 saturated carbocycles. The summed E-state index contributed by atoms with van der Waals surface area (Å²) in [7, 11) is 0. The van der Waals surface area contributed by atoms with E-state index in [1.54, 1.807) is 13.0 Å². The summed E-state index contributed by atoms with van der Waals surface area (Å²) >= 11 is 0. The van der Waals surface area contributed by atoms with E-state index in [1.165, 1.54) is 26.8 Å². The molecule has 8 atom stereocenters. The van der Waals surface area contributed by atoms with E-state index in [0.29, 0.717) is 12.8 Å². The van der Waals surface area contributed by atoms with Gasteiger partial charge in [-0.15, -0.1) is 0 Å². The average Bonchev–Trinajstić information content (AvgIpc) is 2.99. The minimum atomic E-state index is -1.92. The first-order chi connectivity index (χ1) is 16.8. The molecule has 0 aliphatic heterocycles. The maximum atomic E-state index is 13.8. The van der Waals surface area contributed by atoms with Gasteiger partial charge in [-0.3, -0.25) is 24.0 Å². The first kappa shape index (κ1) is 26.3. The average molecular weight is 503 g/mol. The number of fused-ring (bicyclic) bond motifs is 5. The summed E-state index contributed by atoms with van der Waals surface area (Å²) in [6, 6.07) is 0. The molecule has 9 nitrogen and oxygen atoms in total. The van der Waals surface area contributed by atoms with Crippen molar-refractivity contribution in [3.63, 3.8) is 0 Å². The lowest BCUT2D eigenvalue weighted by Crippen LogP contribution is -2.65. The lowest BCUT2D eigenvalue weighted by Gasteiger charge is -2.59. The first-order valence-electron chi connectivity index (χ1n) is 12.4. The van der Waals surface area contributed by atoms with Crippen LogP contribution in [0.15, 0.2) is 23.8 Å². The van der Waals surface area contributed by atoms with Gasteiger partial charge in [0.25, 0.3) is 0 Å². The van der Waals surface area contributed by atoms with Gasteiger partial charge in [0.15, 0.2) is 12.4 Å². The molecule has 0 aromatic heterocycles. The molecule has 4 aliphatic rings. The number of aliphatic hydroxyl groups excluding tert-OH is 1. The molecule has 4 rings (SSSR count). The standard InChI is InChI=1S/C27H34O9/c1-14(28)34-13-22(33)27(36-16(3)30)23(35-15(2)29)11-20-19-7-6-17-10-18(31)8-9-25(17,4)24(19)21(32)12-26(20,27)5/h8-10,19-21,23-24,32H,6-7,11-13H2,1-5H3/t19-,20-,21?,23?,24+,25-,26-,27+/m0/s1. The van der Waals surface area contributed by atoms with E-state index in [-0.39, 0.29) is 36.4 Å². The van der Waals surface area contributed by atoms with Gasteiger partial charge in [0.1, 0.15) is 6.10 Å². The van der Waals surface area contributed by atoms with E-state index in [1.807, 2.05) is 13.0 Å². The van der Waals surface area contributed by atoms with Crippen molar-refractivity contribution in [3.8, 4) is 0 Å². The first-order valence-corrected chi connectivity index (χ1v) is 12.4. The number of ketones is 2. The fourth-order valence-corrected chi connectivity index (χ4v) is 7.87. The van der Waals surface area contributed by atoms with E-state index in [9.17, 15) is 29.1 Å². The Morgan fingerprint density at radius 3 is 2.39 bits per heavy atom. The van der Waals surface area contributed by atoms with Crippen LogP contribution in [-0.4, -0.2) is 59.0 Å². The molecule has 1 N–H and O–H groups in total. The van der Waals surface area contributed by atoms with E-state index in [4.69, 9.17) is 14.2 Å². The Morgan fingerprint density at radius 2 is 1.78 bits per heavy atom. The zero-order valence-corrected chi connectivity index (χ0v) is 21.4. The second kappa shape index (κ2) is 8.94. The van der Waals surface area contributed by atoms with E-state index >= 15 is 0 Å². The monoisotopic (exact) mass is 502 g/mol. The van der Waals surface area contributed by atoms with Crippen LogP contribution in [0.4, 0.5) is 0 Å². The summed E-state index contributed by atoms with van der Waals surface area (Å²) in [5.74, 6) is -3.39. The summed E-state index contributed by atoms with van der Waals surface area (Å²) in [6.07, 6.45) is 4.72. The molecule has 3 fully saturated rings. The molecule has 0 bridgehead atoms. The van der Waals surface area contributed by atoms with Gasteiger partial charge in [0, 0.05) is 37.5 Å². The van der Waals surface area contributed by atoms with Crippen LogP contribution in [0.2, 0.25) is 0 Å². The largest absolute Gasteiger partial charge is 0.458 e. The quantitative estimate of drug-likeness (QED) is 0.444. The SMILES string of the molecule is CC(=O)OCC(=O)[C@@]1(OC(C)=O)C(OC(C)=O)C[C@H]2[C@@H]3CCC4=CC(=O)C=C[C@]4(C)[C@H]3C(O)C[C@@]21C. The zero-order valence-electron chi connectivity index (χ0n) is 21.4. The van der Waals surface area contributed by atoms with Crippen LogP contribution in [0.3, 0.4) is 0 Å². The predicted molar refractivity (Wildman–Crippen MR) is 125 cm³/mol. The Balaban J connectivity index is 1.83. The zero-order chi connectivity index (χ0) is 26.6. The molecule has 196 valence electrons. The third-order valence-corrected chi connectivity index (χ3v) is 9.09. The van der Waals surface area contributed by atoms with Gasteiger partial charge >= 0.3 is 17.9 Å². The lowest BCUT2D eigenvalue weighted by molar-refractivity contribution is -0.214. The van der Waals surface area contributed by atoms with Crippen molar-refractivity contribution in [1.29, 1.82) is 0 Å². The summed E-state index contributed by atoms with van der Waals surface area (Å²) < 4.78 is 16.5. The molecule has 9 heteroatoms. The highest BCUT2D eigenvalue weighted by molar-refractivity contribution is 6.01. The number of esters is 3. The number of aliphatic hydroxyl groups is 1. The topological polar surface area (TPSA) is 133 Å². The smallest absolute Gasteiger partial charge is 0.303 e. The molecule has 0 saturated heterocycles. The van der Waals surface area contributed by atoms with Crippen LogP contribution in [0.25, 0.3) is 0 Å². The molecule has 0 spiro atoms. The van der Waals surface area contributed by atoms with Crippen molar-refractivity contribution in [2.75, 3.05) is 6.61 Å². The molecule has 0 radical (unpaired) electrons. The number of rotatable bonds is 5. The second-order valence-electron chi connectivity index (χ2n) is 11.1. The van der Waals surface area contributed by atoms with Gasteiger partial charge in [0.05, 0.1) is 6.10 Å². The normalized spacial score (nSPS) is 40.8. The number of Topliss-reactive ketones (excluding diaryl/α,β-unsaturated/α-hetero) is 1. The molecule has 0 aromatic carbocycles. The number of ether oxygens (including phenoxy) is 3. The highest BCUT2D eigenvalue weighted by Gasteiger charge is 2.75. The van der Waals surface area contributed by atoms with E-state index in [0.717, 1.165) is 5.57 Å². The highest BCUT2D eigenvalue weighted by Crippen LogP contribution is 2.68. The number of carbonyl (C=O) groups excluding carboxylic acids is 5. The van der Waals surface area contributed by atoms with Crippen LogP contribution in [0.5, 0.6) is 0 Å². The maximum absolute atomic E-state index is 13.8. The van der Waals surface area contributed by atoms with Crippen LogP contribution in [0, 0.1) is 28.6 Å². The third kappa shape index (κ3) is 3.83. The minimum absolute atomic E-state index is 0.0724. The van der Waals surface area contributed by atoms with Gasteiger partial charge in [0.2, 0.25) is 11.4 Å². The number of allylic oxidation sites excluding steroid dienone is 4. The van der Waals surface area contributed by atoms with Crippen molar-refractivity contribution in [3.05, 3.63) is 23.8 Å². The second-order valence-corrected chi connectivity index (χ2v) is 11.1. The maximum Gasteiger partial charge on any atom is 0.303 e. The van der Waals surface area contributed by atoms with Crippen molar-refractivity contribution in [2.45, 2.75) is 78.1 Å². The molecule has 36 heavy (non-hydrogen) atoms. The van der Waals surface area contributed by atoms with Crippen LogP contribution in [-0.2, 0) is 38.2 Å². The van der Waals surface area contributed by atoms with Gasteiger partial charge in [-0.1, -0.05) is 25.5 Å². The Bertz CT molecular complexity index is 1070. The number of hydrogen-bond acceptors (Lipinski definition) is 9. The third-order valence-electron chi connectivity index (χ3n) is 9.09. The van der Waals surface area contributed by atoms with Crippen molar-refractivity contribution >= 4 is 29.5 Å². The lowest BCUT2D eigenvalue weighted by atomic mass is 9.46. The highest BCUT2D eigenvalue weighted by atomic mass is 16.6. The molecule has 2 unspecified atom stereocenters. The van der Waals surface area contributed by atoms with Crippen molar-refractivity contribution in [1.82, 2.24) is 0 Å². The van der Waals surface area contributed by atoms with Crippen LogP contribution in [0.1, 0.15) is 60.3 Å². The van der Waals surface area contributed by atoms with Gasteiger partial charge < -0.3 is 19.3 Å². The predicted octanol–water partition coefficient (Wildman–Crippen LogP) is 2.24. The van der Waals surface area contributed by atoms with Crippen LogP contribution >= 0.6 is 0 Å². The summed E-state index contributed by atoms with van der Waals surface area (Å²) in [4.78, 5) is 61.9. The van der Waals surface area contributed by atoms with Crippen LogP contribution < -0.4 is 0 Å². The molecule has 0 amide bonds. The summed E-state index contributed by atoms with van der Waals surface area (Å²) in [5.41, 5.74) is -2.58. The number of carbonyl (C=O) groups is 5. The van der Waals surface area contributed by atoms with Gasteiger partial charge in [-0.2, -0.15) is 0 Å². The van der Waals surface area contributed by atoms with Crippen molar-refractivity contribution < 1.29 is 43.3 Å². The molecular formula is C27H34O9. The molecule has 0 aromatic rings. The molecular weight excluding hydrogens is 468 g/mol.